The van der Waals surface area contributed by atoms with Crippen molar-refractivity contribution in [2.24, 2.45) is 5.41 Å². The minimum absolute atomic E-state index is 0.183. The van der Waals surface area contributed by atoms with Gasteiger partial charge in [-0.3, -0.25) is 4.98 Å². The van der Waals surface area contributed by atoms with E-state index in [0.717, 1.165) is 12.4 Å². The topological polar surface area (TPSA) is 63.8 Å². The summed E-state index contributed by atoms with van der Waals surface area (Å²) < 4.78 is 98.8. The first-order valence-corrected chi connectivity index (χ1v) is 12.3. The van der Waals surface area contributed by atoms with Crippen LogP contribution in [0, 0.1) is 11.2 Å². The molecule has 4 nitrogen and oxygen atoms in total. The number of pyridine rings is 1. The smallest absolute Gasteiger partial charge is 0.418 e. The van der Waals surface area contributed by atoms with E-state index in [-0.39, 0.29) is 16.6 Å². The number of aromatic nitrogens is 2. The van der Waals surface area contributed by atoms with Gasteiger partial charge in [-0.05, 0) is 43.9 Å². The molecule has 0 spiro atoms. The molecular formula is C25H29F6N3OS. The second-order valence-corrected chi connectivity index (χ2v) is 12.8. The molecule has 1 unspecified atom stereocenters. The van der Waals surface area contributed by atoms with Crippen molar-refractivity contribution < 1.29 is 30.9 Å². The van der Waals surface area contributed by atoms with Gasteiger partial charge in [0.05, 0.1) is 17.5 Å². The number of H-pyrrole nitrogens is 1. The lowest BCUT2D eigenvalue weighted by Crippen LogP contribution is -2.43. The van der Waals surface area contributed by atoms with E-state index < -0.39 is 57.5 Å². The molecule has 11 heteroatoms. The zero-order valence-corrected chi connectivity index (χ0v) is 21.6. The van der Waals surface area contributed by atoms with Crippen molar-refractivity contribution in [1.82, 2.24) is 14.7 Å². The van der Waals surface area contributed by atoms with Crippen molar-refractivity contribution >= 4 is 22.3 Å². The Morgan fingerprint density at radius 1 is 1.00 bits per heavy atom. The van der Waals surface area contributed by atoms with Gasteiger partial charge in [-0.1, -0.05) is 32.9 Å². The lowest BCUT2D eigenvalue weighted by molar-refractivity contribution is -0.139. The first-order chi connectivity index (χ1) is 16.3. The van der Waals surface area contributed by atoms with E-state index >= 15 is 8.78 Å². The van der Waals surface area contributed by atoms with Crippen LogP contribution in [0.4, 0.5) is 26.3 Å². The van der Waals surface area contributed by atoms with Crippen LogP contribution in [0.15, 0.2) is 36.7 Å². The maximum Gasteiger partial charge on any atom is 0.418 e. The van der Waals surface area contributed by atoms with Crippen LogP contribution in [-0.2, 0) is 23.5 Å². The highest BCUT2D eigenvalue weighted by Crippen LogP contribution is 2.45. The zero-order chi connectivity index (χ0) is 27.3. The molecule has 2 atom stereocenters. The molecule has 36 heavy (non-hydrogen) atoms. The SMILES string of the molecule is CC(C)(C)[C@@H](c1ccc2c(C(F)(F)CN[S+]([O-])C(C)(C)C)c[nH]c2c1)c1ncc(F)cc1C(F)(F)F. The minimum atomic E-state index is -4.83. The van der Waals surface area contributed by atoms with Crippen molar-refractivity contribution in [3.05, 3.63) is 64.9 Å². The Labute approximate surface area is 209 Å². The summed E-state index contributed by atoms with van der Waals surface area (Å²) in [7, 11) is 0. The number of fused-ring (bicyclic) bond motifs is 1. The summed E-state index contributed by atoms with van der Waals surface area (Å²) in [6.07, 6.45) is -2.96. The van der Waals surface area contributed by atoms with Crippen LogP contribution in [0.1, 0.15) is 69.8 Å². The molecule has 0 saturated heterocycles. The minimum Gasteiger partial charge on any atom is -0.598 e. The maximum absolute atomic E-state index is 15.0. The van der Waals surface area contributed by atoms with E-state index in [2.05, 4.69) is 14.7 Å². The second kappa shape index (κ2) is 9.57. The Hall–Kier alpha value is -2.24. The van der Waals surface area contributed by atoms with Gasteiger partial charge in [0.15, 0.2) is 0 Å². The molecule has 2 N–H and O–H groups in total. The van der Waals surface area contributed by atoms with Gasteiger partial charge in [-0.2, -0.15) is 22.0 Å². The fourth-order valence-corrected chi connectivity index (χ4v) is 4.81. The molecule has 0 aliphatic rings. The fourth-order valence-electron chi connectivity index (χ4n) is 4.07. The first kappa shape index (κ1) is 28.3. The van der Waals surface area contributed by atoms with Crippen molar-refractivity contribution in [3.8, 4) is 0 Å². The standard InChI is InChI=1S/C25H29F6N3OS/c1-22(2,3)20(21-17(25(29,30)31)10-15(26)11-33-21)14-7-8-16-18(12-32-19(16)9-14)24(27,28)13-34-36(35)23(4,5)6/h7-12,20,32,34H,13H2,1-6H3/t20-,36?/m0/s1. The third-order valence-electron chi connectivity index (χ3n) is 5.74. The monoisotopic (exact) mass is 533 g/mol. The molecule has 0 bridgehead atoms. The predicted molar refractivity (Wildman–Crippen MR) is 129 cm³/mol. The summed E-state index contributed by atoms with van der Waals surface area (Å²) in [6.45, 7) is 9.30. The zero-order valence-electron chi connectivity index (χ0n) is 20.8. The Kier molecular flexibility index (Phi) is 7.53. The molecule has 0 amide bonds. The highest BCUT2D eigenvalue weighted by molar-refractivity contribution is 7.90. The highest BCUT2D eigenvalue weighted by atomic mass is 32.2. The summed E-state index contributed by atoms with van der Waals surface area (Å²) >= 11 is -1.70. The lowest BCUT2D eigenvalue weighted by Gasteiger charge is -2.32. The van der Waals surface area contributed by atoms with Gasteiger partial charge < -0.3 is 9.54 Å². The molecule has 1 aromatic carbocycles. The van der Waals surface area contributed by atoms with E-state index in [1.165, 1.54) is 18.2 Å². The molecule has 2 heterocycles. The van der Waals surface area contributed by atoms with E-state index in [9.17, 15) is 22.1 Å². The van der Waals surface area contributed by atoms with Crippen LogP contribution in [0.3, 0.4) is 0 Å². The van der Waals surface area contributed by atoms with Gasteiger partial charge in [-0.15, -0.1) is 4.72 Å². The summed E-state index contributed by atoms with van der Waals surface area (Å²) in [5.41, 5.74) is -1.93. The van der Waals surface area contributed by atoms with Crippen LogP contribution >= 0.6 is 0 Å². The number of nitrogens with zero attached hydrogens (tertiary/aromatic N) is 1. The summed E-state index contributed by atoms with van der Waals surface area (Å²) in [5.74, 6) is -5.39. The molecule has 198 valence electrons. The molecule has 3 rings (SSSR count). The lowest BCUT2D eigenvalue weighted by atomic mass is 9.73. The Balaban J connectivity index is 2.05. The third kappa shape index (κ3) is 6.00. The normalized spacial score (nSPS) is 15.4. The average Bonchev–Trinajstić information content (AvgIpc) is 3.15. The summed E-state index contributed by atoms with van der Waals surface area (Å²) in [5, 5.41) is 0.183. The number of aromatic amines is 1. The van der Waals surface area contributed by atoms with E-state index in [0.29, 0.717) is 17.1 Å². The van der Waals surface area contributed by atoms with Crippen LogP contribution in [0.5, 0.6) is 0 Å². The largest absolute Gasteiger partial charge is 0.598 e. The van der Waals surface area contributed by atoms with Gasteiger partial charge in [0.1, 0.15) is 17.1 Å². The van der Waals surface area contributed by atoms with Gasteiger partial charge in [-0.25, -0.2) is 4.39 Å². The van der Waals surface area contributed by atoms with Crippen LogP contribution in [-0.4, -0.2) is 25.8 Å². The van der Waals surface area contributed by atoms with Crippen LogP contribution in [0.2, 0.25) is 0 Å². The number of alkyl halides is 5. The number of nitrogens with one attached hydrogen (secondary N) is 2. The van der Waals surface area contributed by atoms with Crippen molar-refractivity contribution in [2.75, 3.05) is 6.54 Å². The number of benzene rings is 1. The second-order valence-electron chi connectivity index (χ2n) is 10.8. The molecule has 0 aliphatic carbocycles. The average molecular weight is 534 g/mol. The van der Waals surface area contributed by atoms with Gasteiger partial charge in [0, 0.05) is 39.9 Å². The predicted octanol–water partition coefficient (Wildman–Crippen LogP) is 7.04. The molecule has 3 aromatic rings. The van der Waals surface area contributed by atoms with Gasteiger partial charge in [0.2, 0.25) is 0 Å². The van der Waals surface area contributed by atoms with E-state index in [1.807, 2.05) is 0 Å². The number of hydrogen-bond acceptors (Lipinski definition) is 3. The Morgan fingerprint density at radius 2 is 1.64 bits per heavy atom. The van der Waals surface area contributed by atoms with Crippen molar-refractivity contribution in [2.45, 2.75) is 64.3 Å². The Bertz CT molecular complexity index is 1230. The summed E-state index contributed by atoms with van der Waals surface area (Å²) in [4.78, 5) is 6.59. The summed E-state index contributed by atoms with van der Waals surface area (Å²) in [6, 6.07) is 4.83. The Morgan fingerprint density at radius 3 is 2.19 bits per heavy atom. The number of hydrogen-bond donors (Lipinski definition) is 2. The fraction of sp³-hybridized carbons (Fsp3) is 0.480. The number of halogens is 6. The highest BCUT2D eigenvalue weighted by Gasteiger charge is 2.41. The van der Waals surface area contributed by atoms with E-state index in [1.54, 1.807) is 41.5 Å². The van der Waals surface area contributed by atoms with Crippen LogP contribution in [0.25, 0.3) is 10.9 Å². The molecule has 0 aliphatic heterocycles. The molecule has 0 saturated carbocycles. The van der Waals surface area contributed by atoms with E-state index in [4.69, 9.17) is 0 Å². The van der Waals surface area contributed by atoms with Crippen LogP contribution < -0.4 is 4.72 Å². The first-order valence-electron chi connectivity index (χ1n) is 11.2. The molecule has 0 fully saturated rings. The number of rotatable bonds is 6. The van der Waals surface area contributed by atoms with Gasteiger partial charge >= 0.3 is 6.18 Å². The molecular weight excluding hydrogens is 504 g/mol. The van der Waals surface area contributed by atoms with Crippen molar-refractivity contribution in [3.63, 3.8) is 0 Å². The van der Waals surface area contributed by atoms with Crippen molar-refractivity contribution in [1.29, 1.82) is 0 Å². The molecule has 2 aromatic heterocycles. The van der Waals surface area contributed by atoms with Gasteiger partial charge in [0.25, 0.3) is 5.92 Å². The maximum atomic E-state index is 15.0. The molecule has 0 radical (unpaired) electrons. The quantitative estimate of drug-likeness (QED) is 0.264. The third-order valence-corrected chi connectivity index (χ3v) is 7.26.